The van der Waals surface area contributed by atoms with Crippen molar-refractivity contribution >= 4 is 11.9 Å². The number of methoxy groups -OCH3 is 1. The number of esters is 1. The van der Waals surface area contributed by atoms with Crippen molar-refractivity contribution in [1.29, 1.82) is 0 Å². The third-order valence-corrected chi connectivity index (χ3v) is 7.14. The highest BCUT2D eigenvalue weighted by atomic mass is 16.5. The quantitative estimate of drug-likeness (QED) is 0.632. The van der Waals surface area contributed by atoms with Crippen LogP contribution >= 0.6 is 0 Å². The Morgan fingerprint density at radius 2 is 1.90 bits per heavy atom. The lowest BCUT2D eigenvalue weighted by atomic mass is 9.44. The molecule has 5 nitrogen and oxygen atoms in total. The van der Waals surface area contributed by atoms with E-state index in [2.05, 4.69) is 19.2 Å². The lowest BCUT2D eigenvalue weighted by Crippen LogP contribution is -2.63. The van der Waals surface area contributed by atoms with Gasteiger partial charge in [0.1, 0.15) is 5.75 Å². The Morgan fingerprint density at radius 3 is 2.52 bits per heavy atom. The molecular weight excluding hydrogens is 366 g/mol. The molecular formula is C24H35NO4. The zero-order valence-corrected chi connectivity index (χ0v) is 18.2. The van der Waals surface area contributed by atoms with Crippen LogP contribution in [0.5, 0.6) is 5.75 Å². The van der Waals surface area contributed by atoms with E-state index in [1.54, 1.807) is 0 Å². The van der Waals surface area contributed by atoms with E-state index in [1.807, 2.05) is 31.2 Å². The number of nitrogens with one attached hydrogen (secondary N) is 1. The monoisotopic (exact) mass is 401 g/mol. The van der Waals surface area contributed by atoms with E-state index in [1.165, 1.54) is 20.0 Å². The van der Waals surface area contributed by atoms with Crippen LogP contribution in [0.25, 0.3) is 0 Å². The number of amides is 1. The highest BCUT2D eigenvalue weighted by Gasteiger charge is 2.57. The Hall–Kier alpha value is -2.04. The molecule has 0 radical (unpaired) electrons. The summed E-state index contributed by atoms with van der Waals surface area (Å²) >= 11 is 0. The van der Waals surface area contributed by atoms with Crippen molar-refractivity contribution in [2.24, 2.45) is 23.2 Å². The van der Waals surface area contributed by atoms with Crippen LogP contribution in [0.1, 0.15) is 58.4 Å². The van der Waals surface area contributed by atoms with E-state index < -0.39 is 0 Å². The van der Waals surface area contributed by atoms with Gasteiger partial charge in [-0.2, -0.15) is 0 Å². The molecule has 4 rings (SSSR count). The summed E-state index contributed by atoms with van der Waals surface area (Å²) in [5.74, 6) is 2.57. The minimum atomic E-state index is -0.242. The average Bonchev–Trinajstić information content (AvgIpc) is 2.70. The number of benzene rings is 1. The van der Waals surface area contributed by atoms with Crippen molar-refractivity contribution in [3.63, 3.8) is 0 Å². The summed E-state index contributed by atoms with van der Waals surface area (Å²) in [5, 5.41) is 3.35. The van der Waals surface area contributed by atoms with E-state index >= 15 is 0 Å². The van der Waals surface area contributed by atoms with Gasteiger partial charge in [-0.25, -0.2) is 0 Å². The van der Waals surface area contributed by atoms with Crippen molar-refractivity contribution in [2.75, 3.05) is 13.7 Å². The molecule has 0 heterocycles. The Balaban J connectivity index is 1.53. The number of carbonyl (C=O) groups is 2. The van der Waals surface area contributed by atoms with E-state index in [4.69, 9.17) is 9.47 Å². The van der Waals surface area contributed by atoms with E-state index in [9.17, 15) is 9.59 Å². The second-order valence-corrected chi connectivity index (χ2v) is 9.23. The maximum Gasteiger partial charge on any atom is 0.309 e. The van der Waals surface area contributed by atoms with Gasteiger partial charge in [0.15, 0.2) is 0 Å². The molecule has 3 saturated carbocycles. The third-order valence-electron chi connectivity index (χ3n) is 7.14. The standard InChI is InChI=1S/C24H35NO4/c1-5-6-21(26)25-23-17(14-18-15-20(23)24(18,2)3)11-12-29-19-9-7-16(8-10-19)13-22(27)28-4/h7-10,17-18,20,23H,5-6,11-15H2,1-4H3,(H,25,26)/t17-,18-,20-,23?/m0/s1. The minimum absolute atomic E-state index is 0.186. The summed E-state index contributed by atoms with van der Waals surface area (Å²) in [7, 11) is 1.40. The van der Waals surface area contributed by atoms with E-state index in [-0.39, 0.29) is 24.3 Å². The predicted octanol–water partition coefficient (Wildman–Crippen LogP) is 4.14. The molecule has 29 heavy (non-hydrogen) atoms. The lowest BCUT2D eigenvalue weighted by Gasteiger charge is -2.62. The van der Waals surface area contributed by atoms with Gasteiger partial charge in [-0.1, -0.05) is 32.9 Å². The van der Waals surface area contributed by atoms with Crippen LogP contribution < -0.4 is 10.1 Å². The lowest BCUT2D eigenvalue weighted by molar-refractivity contribution is -0.140. The van der Waals surface area contributed by atoms with Crippen LogP contribution in [0, 0.1) is 23.2 Å². The molecule has 0 aliphatic heterocycles. The first kappa shape index (κ1) is 21.7. The van der Waals surface area contributed by atoms with Crippen LogP contribution in [0.15, 0.2) is 24.3 Å². The summed E-state index contributed by atoms with van der Waals surface area (Å²) < 4.78 is 10.7. The largest absolute Gasteiger partial charge is 0.494 e. The zero-order valence-electron chi connectivity index (χ0n) is 18.2. The van der Waals surface area contributed by atoms with Gasteiger partial charge in [-0.05, 0) is 66.5 Å². The molecule has 0 saturated heterocycles. The first-order chi connectivity index (χ1) is 13.8. The number of fused-ring (bicyclic) bond motifs is 2. The third kappa shape index (κ3) is 4.93. The van der Waals surface area contributed by atoms with Crippen LogP contribution in [-0.4, -0.2) is 31.6 Å². The highest BCUT2D eigenvalue weighted by Crippen LogP contribution is 2.61. The fourth-order valence-corrected chi connectivity index (χ4v) is 5.18. The van der Waals surface area contributed by atoms with Crippen molar-refractivity contribution in [2.45, 2.75) is 65.3 Å². The van der Waals surface area contributed by atoms with Gasteiger partial charge in [0, 0.05) is 12.5 Å². The molecule has 3 fully saturated rings. The van der Waals surface area contributed by atoms with Gasteiger partial charge in [-0.3, -0.25) is 9.59 Å². The van der Waals surface area contributed by atoms with Gasteiger partial charge >= 0.3 is 5.97 Å². The van der Waals surface area contributed by atoms with Gasteiger partial charge < -0.3 is 14.8 Å². The first-order valence-electron chi connectivity index (χ1n) is 10.9. The fraction of sp³-hybridized carbons (Fsp3) is 0.667. The maximum absolute atomic E-state index is 12.3. The summed E-state index contributed by atoms with van der Waals surface area (Å²) in [6, 6.07) is 7.87. The Labute approximate surface area is 174 Å². The number of rotatable bonds is 9. The Kier molecular flexibility index (Phi) is 6.86. The van der Waals surface area contributed by atoms with Crippen molar-refractivity contribution in [1.82, 2.24) is 5.32 Å². The van der Waals surface area contributed by atoms with Crippen LogP contribution in [0.3, 0.4) is 0 Å². The van der Waals surface area contributed by atoms with Gasteiger partial charge in [0.25, 0.3) is 0 Å². The van der Waals surface area contributed by atoms with E-state index in [0.717, 1.165) is 30.1 Å². The summed E-state index contributed by atoms with van der Waals surface area (Å²) in [6.45, 7) is 7.40. The van der Waals surface area contributed by atoms with Gasteiger partial charge in [-0.15, -0.1) is 0 Å². The number of hydrogen-bond acceptors (Lipinski definition) is 4. The highest BCUT2D eigenvalue weighted by molar-refractivity contribution is 5.76. The molecule has 3 aliphatic rings. The summed E-state index contributed by atoms with van der Waals surface area (Å²) in [5.41, 5.74) is 1.24. The molecule has 0 aromatic heterocycles. The van der Waals surface area contributed by atoms with Crippen molar-refractivity contribution in [3.8, 4) is 5.75 Å². The van der Waals surface area contributed by atoms with Crippen LogP contribution in [0.2, 0.25) is 0 Å². The fourth-order valence-electron chi connectivity index (χ4n) is 5.18. The van der Waals surface area contributed by atoms with E-state index in [0.29, 0.717) is 30.3 Å². The topological polar surface area (TPSA) is 64.6 Å². The molecule has 1 N–H and O–H groups in total. The molecule has 160 valence electrons. The molecule has 1 aromatic rings. The number of hydrogen-bond donors (Lipinski definition) is 1. The second kappa shape index (κ2) is 9.19. The van der Waals surface area contributed by atoms with Crippen LogP contribution in [0.4, 0.5) is 0 Å². The second-order valence-electron chi connectivity index (χ2n) is 9.23. The molecule has 3 aliphatic carbocycles. The average molecular weight is 402 g/mol. The minimum Gasteiger partial charge on any atom is -0.494 e. The summed E-state index contributed by atoms with van der Waals surface area (Å²) in [6.07, 6.45) is 5.12. The maximum atomic E-state index is 12.3. The van der Waals surface area contributed by atoms with Gasteiger partial charge in [0.2, 0.25) is 5.91 Å². The Bertz CT molecular complexity index is 712. The molecule has 1 unspecified atom stereocenters. The predicted molar refractivity (Wildman–Crippen MR) is 113 cm³/mol. The zero-order chi connectivity index (χ0) is 21.0. The van der Waals surface area contributed by atoms with Crippen LogP contribution in [-0.2, 0) is 20.7 Å². The Morgan fingerprint density at radius 1 is 1.17 bits per heavy atom. The van der Waals surface area contributed by atoms with Crippen molar-refractivity contribution < 1.29 is 19.1 Å². The SMILES string of the molecule is CCCC(=O)NC1[C@@H](CCOc2ccc(CC(=O)OC)cc2)C[C@H]2C[C@@H]1C2(C)C. The molecule has 0 spiro atoms. The molecule has 1 aromatic carbocycles. The number of carbonyl (C=O) groups excluding carboxylic acids is 2. The van der Waals surface area contributed by atoms with Crippen molar-refractivity contribution in [3.05, 3.63) is 29.8 Å². The van der Waals surface area contributed by atoms with Gasteiger partial charge in [0.05, 0.1) is 20.1 Å². The molecule has 2 bridgehead atoms. The first-order valence-corrected chi connectivity index (χ1v) is 10.9. The number of ether oxygens (including phenoxy) is 2. The molecule has 5 heteroatoms. The molecule has 1 amide bonds. The normalized spacial score (nSPS) is 26.9. The smallest absolute Gasteiger partial charge is 0.309 e. The molecule has 4 atom stereocenters. The summed E-state index contributed by atoms with van der Waals surface area (Å²) in [4.78, 5) is 23.6.